The lowest BCUT2D eigenvalue weighted by atomic mass is 9.92. The van der Waals surface area contributed by atoms with Crippen LogP contribution < -0.4 is 10.1 Å². The van der Waals surface area contributed by atoms with Gasteiger partial charge in [0.1, 0.15) is 11.5 Å². The van der Waals surface area contributed by atoms with E-state index in [0.29, 0.717) is 43.1 Å². The molecule has 5 rings (SSSR count). The number of allylic oxidation sites excluding steroid dienone is 1. The van der Waals surface area contributed by atoms with Crippen LogP contribution in [-0.2, 0) is 16.0 Å². The van der Waals surface area contributed by atoms with Crippen LogP contribution in [0, 0.1) is 0 Å². The first kappa shape index (κ1) is 29.1. The van der Waals surface area contributed by atoms with Gasteiger partial charge < -0.3 is 19.9 Å². The van der Waals surface area contributed by atoms with Crippen molar-refractivity contribution in [3.8, 4) is 11.5 Å². The minimum absolute atomic E-state index is 0.0595. The smallest absolute Gasteiger partial charge is 0.254 e. The standard InChI is InChI=1S/C33H35N5O3S/c1-4-37(5-2)32(40)30-23(3)36-33-38(26(22-42-33)21-29(39)35-19-17-25-13-9-10-18-34-25)31(30)24-12-11-16-28(20-24)41-27-14-7-6-8-15-27/h6-16,18,20,22,31H,4-5,17,19,21H2,1-3H3,(H,35,39). The maximum Gasteiger partial charge on any atom is 0.254 e. The average molecular weight is 582 g/mol. The summed E-state index contributed by atoms with van der Waals surface area (Å²) in [6, 6.07) is 22.7. The maximum absolute atomic E-state index is 14.0. The van der Waals surface area contributed by atoms with Crippen molar-refractivity contribution in [1.82, 2.24) is 20.1 Å². The number of benzene rings is 2. The molecule has 0 bridgehead atoms. The zero-order valence-corrected chi connectivity index (χ0v) is 24.9. The van der Waals surface area contributed by atoms with E-state index >= 15 is 0 Å². The average Bonchev–Trinajstić information content (AvgIpc) is 3.39. The summed E-state index contributed by atoms with van der Waals surface area (Å²) >= 11 is 1.47. The van der Waals surface area contributed by atoms with Crippen molar-refractivity contribution in [1.29, 1.82) is 0 Å². The van der Waals surface area contributed by atoms with E-state index in [4.69, 9.17) is 9.73 Å². The molecule has 2 amide bonds. The summed E-state index contributed by atoms with van der Waals surface area (Å²) < 4.78 is 6.16. The van der Waals surface area contributed by atoms with E-state index in [9.17, 15) is 9.59 Å². The largest absolute Gasteiger partial charge is 0.457 e. The molecule has 2 aliphatic rings. The monoisotopic (exact) mass is 581 g/mol. The molecule has 3 heterocycles. The lowest BCUT2D eigenvalue weighted by Gasteiger charge is -2.38. The Hall–Kier alpha value is -4.37. The first-order valence-corrected chi connectivity index (χ1v) is 15.1. The first-order chi connectivity index (χ1) is 20.5. The number of amidine groups is 1. The number of fused-ring (bicyclic) bond motifs is 1. The van der Waals surface area contributed by atoms with Crippen LogP contribution in [0.1, 0.15) is 44.5 Å². The molecule has 2 aromatic carbocycles. The minimum Gasteiger partial charge on any atom is -0.457 e. The molecule has 8 nitrogen and oxygen atoms in total. The second kappa shape index (κ2) is 13.5. The number of nitrogens with one attached hydrogen (secondary N) is 1. The summed E-state index contributed by atoms with van der Waals surface area (Å²) in [5, 5.41) is 5.74. The lowest BCUT2D eigenvalue weighted by Crippen LogP contribution is -2.42. The highest BCUT2D eigenvalue weighted by Gasteiger charge is 2.41. The highest BCUT2D eigenvalue weighted by molar-refractivity contribution is 8.16. The number of para-hydroxylation sites is 1. The van der Waals surface area contributed by atoms with Crippen molar-refractivity contribution in [2.45, 2.75) is 39.7 Å². The minimum atomic E-state index is -0.465. The number of amides is 2. The van der Waals surface area contributed by atoms with Crippen molar-refractivity contribution < 1.29 is 14.3 Å². The highest BCUT2D eigenvalue weighted by Crippen LogP contribution is 2.45. The summed E-state index contributed by atoms with van der Waals surface area (Å²) in [4.78, 5) is 40.1. The van der Waals surface area contributed by atoms with Gasteiger partial charge in [-0.2, -0.15) is 0 Å². The maximum atomic E-state index is 14.0. The molecule has 9 heteroatoms. The molecule has 0 radical (unpaired) electrons. The van der Waals surface area contributed by atoms with E-state index in [-0.39, 0.29) is 18.2 Å². The third-order valence-electron chi connectivity index (χ3n) is 7.21. The molecule has 2 aliphatic heterocycles. The molecule has 1 unspecified atom stereocenters. The Labute approximate surface area is 251 Å². The molecule has 216 valence electrons. The molecule has 0 fully saturated rings. The van der Waals surface area contributed by atoms with Gasteiger partial charge in [-0.15, -0.1) is 0 Å². The second-order valence-electron chi connectivity index (χ2n) is 9.96. The van der Waals surface area contributed by atoms with Crippen LogP contribution in [0.15, 0.2) is 106 Å². The number of hydrogen-bond acceptors (Lipinski definition) is 7. The number of pyridine rings is 1. The fourth-order valence-electron chi connectivity index (χ4n) is 5.12. The number of hydrogen-bond donors (Lipinski definition) is 1. The van der Waals surface area contributed by atoms with Gasteiger partial charge in [0.25, 0.3) is 5.91 Å². The third-order valence-corrected chi connectivity index (χ3v) is 8.09. The normalized spacial score (nSPS) is 16.0. The zero-order valence-electron chi connectivity index (χ0n) is 24.1. The first-order valence-electron chi connectivity index (χ1n) is 14.2. The number of ether oxygens (including phenoxy) is 1. The summed E-state index contributed by atoms with van der Waals surface area (Å²) in [6.07, 6.45) is 2.57. The van der Waals surface area contributed by atoms with Crippen molar-refractivity contribution in [3.63, 3.8) is 0 Å². The van der Waals surface area contributed by atoms with Crippen molar-refractivity contribution in [2.24, 2.45) is 4.99 Å². The van der Waals surface area contributed by atoms with E-state index in [0.717, 1.165) is 27.9 Å². The van der Waals surface area contributed by atoms with E-state index in [1.807, 2.05) is 109 Å². The summed E-state index contributed by atoms with van der Waals surface area (Å²) in [5.41, 5.74) is 3.89. The number of thioether (sulfide) groups is 1. The van der Waals surface area contributed by atoms with Gasteiger partial charge in [0, 0.05) is 43.6 Å². The fraction of sp³-hybridized carbons (Fsp3) is 0.273. The Balaban J connectivity index is 1.43. The van der Waals surface area contributed by atoms with Gasteiger partial charge in [-0.3, -0.25) is 14.6 Å². The number of aliphatic imine (C=N–C) groups is 1. The van der Waals surface area contributed by atoms with Crippen LogP contribution in [0.2, 0.25) is 0 Å². The molecular formula is C33H35N5O3S. The molecule has 42 heavy (non-hydrogen) atoms. The van der Waals surface area contributed by atoms with Crippen LogP contribution in [0.25, 0.3) is 0 Å². The predicted octanol–water partition coefficient (Wildman–Crippen LogP) is 6.07. The van der Waals surface area contributed by atoms with Gasteiger partial charge in [-0.25, -0.2) is 4.99 Å². The molecule has 0 aliphatic carbocycles. The van der Waals surface area contributed by atoms with Gasteiger partial charge in [0.2, 0.25) is 5.91 Å². The molecule has 0 saturated carbocycles. The molecule has 0 spiro atoms. The summed E-state index contributed by atoms with van der Waals surface area (Å²) in [7, 11) is 0. The third kappa shape index (κ3) is 6.57. The van der Waals surface area contributed by atoms with Gasteiger partial charge >= 0.3 is 0 Å². The number of likely N-dealkylation sites (N-methyl/N-ethyl adjacent to an activating group) is 1. The van der Waals surface area contributed by atoms with Gasteiger partial charge in [0.15, 0.2) is 5.17 Å². The van der Waals surface area contributed by atoms with Crippen LogP contribution in [0.5, 0.6) is 11.5 Å². The predicted molar refractivity (Wildman–Crippen MR) is 167 cm³/mol. The topological polar surface area (TPSA) is 87.1 Å². The number of carbonyl (C=O) groups excluding carboxylic acids is 2. The second-order valence-corrected chi connectivity index (χ2v) is 10.8. The number of aromatic nitrogens is 1. The van der Waals surface area contributed by atoms with E-state index in [1.165, 1.54) is 11.8 Å². The van der Waals surface area contributed by atoms with Crippen LogP contribution in [-0.4, -0.2) is 51.4 Å². The zero-order chi connectivity index (χ0) is 29.5. The van der Waals surface area contributed by atoms with Gasteiger partial charge in [0.05, 0.1) is 23.7 Å². The Morgan fingerprint density at radius 1 is 1.00 bits per heavy atom. The number of nitrogens with zero attached hydrogens (tertiary/aromatic N) is 4. The number of carbonyl (C=O) groups is 2. The summed E-state index contributed by atoms with van der Waals surface area (Å²) in [5.74, 6) is 1.24. The quantitative estimate of drug-likeness (QED) is 0.296. The van der Waals surface area contributed by atoms with Crippen LogP contribution in [0.4, 0.5) is 0 Å². The molecular weight excluding hydrogens is 546 g/mol. The van der Waals surface area contributed by atoms with Crippen LogP contribution >= 0.6 is 11.8 Å². The summed E-state index contributed by atoms with van der Waals surface area (Å²) in [6.45, 7) is 7.51. The Morgan fingerprint density at radius 3 is 2.50 bits per heavy atom. The highest BCUT2D eigenvalue weighted by atomic mass is 32.2. The molecule has 1 N–H and O–H groups in total. The lowest BCUT2D eigenvalue weighted by molar-refractivity contribution is -0.127. The van der Waals surface area contributed by atoms with Crippen molar-refractivity contribution in [2.75, 3.05) is 19.6 Å². The Bertz CT molecular complexity index is 1520. The molecule has 1 atom stereocenters. The Kier molecular flexibility index (Phi) is 9.38. The van der Waals surface area contributed by atoms with Crippen LogP contribution in [0.3, 0.4) is 0 Å². The van der Waals surface area contributed by atoms with Gasteiger partial charge in [-0.1, -0.05) is 48.2 Å². The van der Waals surface area contributed by atoms with E-state index in [2.05, 4.69) is 10.3 Å². The van der Waals surface area contributed by atoms with Gasteiger partial charge in [-0.05, 0) is 68.1 Å². The van der Waals surface area contributed by atoms with Crippen molar-refractivity contribution in [3.05, 3.63) is 113 Å². The SMILES string of the molecule is CCN(CC)C(=O)C1=C(C)N=C2SC=C(CC(=O)NCCc3ccccn3)N2C1c1cccc(Oc2ccccc2)c1. The van der Waals surface area contributed by atoms with E-state index in [1.54, 1.807) is 6.20 Å². The van der Waals surface area contributed by atoms with E-state index < -0.39 is 6.04 Å². The molecule has 1 aromatic heterocycles. The van der Waals surface area contributed by atoms with Crippen molar-refractivity contribution >= 4 is 28.7 Å². The molecule has 0 saturated heterocycles. The fourth-order valence-corrected chi connectivity index (χ4v) is 6.08. The Morgan fingerprint density at radius 2 is 1.76 bits per heavy atom. The number of rotatable bonds is 11. The molecule has 3 aromatic rings.